The Balaban J connectivity index is 2.21. The van der Waals surface area contributed by atoms with Gasteiger partial charge in [0, 0.05) is 20.2 Å². The maximum absolute atomic E-state index is 12.2. The van der Waals surface area contributed by atoms with Crippen molar-refractivity contribution in [2.75, 3.05) is 38.3 Å². The van der Waals surface area contributed by atoms with Crippen LogP contribution in [0.4, 0.5) is 5.69 Å². The zero-order valence-electron chi connectivity index (χ0n) is 12.6. The molecule has 0 saturated carbocycles. The summed E-state index contributed by atoms with van der Waals surface area (Å²) in [6, 6.07) is 0. The van der Waals surface area contributed by atoms with Gasteiger partial charge in [0.25, 0.3) is 5.56 Å². The smallest absolute Gasteiger partial charge is 0.287 e. The van der Waals surface area contributed by atoms with Crippen molar-refractivity contribution in [3.63, 3.8) is 0 Å². The van der Waals surface area contributed by atoms with Gasteiger partial charge in [-0.05, 0) is 24.8 Å². The Morgan fingerprint density at radius 3 is 3.00 bits per heavy atom. The molecule has 6 nitrogen and oxygen atoms in total. The quantitative estimate of drug-likeness (QED) is 0.876. The summed E-state index contributed by atoms with van der Waals surface area (Å²) in [5.41, 5.74) is 6.27. The summed E-state index contributed by atoms with van der Waals surface area (Å²) in [7, 11) is 1.59. The van der Waals surface area contributed by atoms with Crippen LogP contribution in [0.3, 0.4) is 0 Å². The lowest BCUT2D eigenvalue weighted by Gasteiger charge is -2.38. The predicted octanol–water partition coefficient (Wildman–Crippen LogP) is 0.964. The number of nitrogens with zero attached hydrogens (tertiary/aromatic N) is 3. The van der Waals surface area contributed by atoms with Crippen molar-refractivity contribution >= 4 is 17.3 Å². The molecule has 1 fully saturated rings. The predicted molar refractivity (Wildman–Crippen MR) is 83.9 cm³/mol. The number of piperidine rings is 1. The van der Waals surface area contributed by atoms with Gasteiger partial charge in [-0.2, -0.15) is 5.10 Å². The van der Waals surface area contributed by atoms with E-state index in [-0.39, 0.29) is 10.6 Å². The first-order chi connectivity index (χ1) is 10.1. The van der Waals surface area contributed by atoms with E-state index in [1.807, 2.05) is 0 Å². The van der Waals surface area contributed by atoms with E-state index in [1.165, 1.54) is 4.68 Å². The van der Waals surface area contributed by atoms with Crippen LogP contribution in [-0.4, -0.2) is 43.1 Å². The van der Waals surface area contributed by atoms with E-state index in [1.54, 1.807) is 13.3 Å². The van der Waals surface area contributed by atoms with Crippen LogP contribution in [0.5, 0.6) is 0 Å². The van der Waals surface area contributed by atoms with E-state index in [4.69, 9.17) is 22.1 Å². The second-order valence-electron chi connectivity index (χ2n) is 5.57. The van der Waals surface area contributed by atoms with Gasteiger partial charge in [-0.25, -0.2) is 4.68 Å². The van der Waals surface area contributed by atoms with Gasteiger partial charge in [0.05, 0.1) is 25.0 Å². The van der Waals surface area contributed by atoms with Crippen LogP contribution in [0, 0.1) is 11.8 Å². The van der Waals surface area contributed by atoms with Gasteiger partial charge in [-0.1, -0.05) is 18.5 Å². The van der Waals surface area contributed by atoms with Crippen LogP contribution in [0.2, 0.25) is 5.02 Å². The summed E-state index contributed by atoms with van der Waals surface area (Å²) in [6.45, 7) is 5.39. The average Bonchev–Trinajstić information content (AvgIpc) is 2.49. The Bertz CT molecular complexity index is 534. The Morgan fingerprint density at radius 2 is 2.33 bits per heavy atom. The molecule has 0 bridgehead atoms. The minimum absolute atomic E-state index is 0.228. The molecule has 2 unspecified atom stereocenters. The molecule has 1 aliphatic rings. The van der Waals surface area contributed by atoms with Crippen LogP contribution in [0.15, 0.2) is 11.0 Å². The zero-order chi connectivity index (χ0) is 15.4. The SMILES string of the molecule is COCCn1ncc(N2CCC(C)C(CN)C2)c(Cl)c1=O. The molecule has 1 aliphatic heterocycles. The molecule has 7 heteroatoms. The van der Waals surface area contributed by atoms with E-state index in [9.17, 15) is 4.79 Å². The molecule has 1 saturated heterocycles. The van der Waals surface area contributed by atoms with Crippen LogP contribution in [0.1, 0.15) is 13.3 Å². The number of hydrogen-bond acceptors (Lipinski definition) is 5. The Kier molecular flexibility index (Phi) is 5.61. The molecule has 2 atom stereocenters. The highest BCUT2D eigenvalue weighted by Gasteiger charge is 2.27. The third-order valence-corrected chi connectivity index (χ3v) is 4.59. The summed E-state index contributed by atoms with van der Waals surface area (Å²) < 4.78 is 6.30. The zero-order valence-corrected chi connectivity index (χ0v) is 13.3. The van der Waals surface area contributed by atoms with Crippen molar-refractivity contribution in [3.05, 3.63) is 21.6 Å². The van der Waals surface area contributed by atoms with Gasteiger partial charge in [-0.3, -0.25) is 4.79 Å². The first kappa shape index (κ1) is 16.3. The number of halogens is 1. The summed E-state index contributed by atoms with van der Waals surface area (Å²) in [6.07, 6.45) is 2.72. The Hall–Kier alpha value is -1.11. The number of nitrogens with two attached hydrogens (primary N) is 1. The topological polar surface area (TPSA) is 73.4 Å². The van der Waals surface area contributed by atoms with E-state index < -0.39 is 0 Å². The van der Waals surface area contributed by atoms with Crippen molar-refractivity contribution in [3.8, 4) is 0 Å². The monoisotopic (exact) mass is 314 g/mol. The maximum Gasteiger partial charge on any atom is 0.287 e. The average molecular weight is 315 g/mol. The highest BCUT2D eigenvalue weighted by molar-refractivity contribution is 6.33. The molecule has 118 valence electrons. The molecule has 2 heterocycles. The summed E-state index contributed by atoms with van der Waals surface area (Å²) >= 11 is 6.25. The molecule has 0 aromatic carbocycles. The van der Waals surface area contributed by atoms with E-state index >= 15 is 0 Å². The summed E-state index contributed by atoms with van der Waals surface area (Å²) in [5, 5.41) is 4.42. The van der Waals surface area contributed by atoms with Gasteiger partial charge in [0.2, 0.25) is 0 Å². The molecule has 2 rings (SSSR count). The second kappa shape index (κ2) is 7.24. The van der Waals surface area contributed by atoms with Crippen molar-refractivity contribution < 1.29 is 4.74 Å². The van der Waals surface area contributed by atoms with E-state index in [0.29, 0.717) is 37.2 Å². The molecule has 0 aliphatic carbocycles. The van der Waals surface area contributed by atoms with E-state index in [0.717, 1.165) is 19.5 Å². The van der Waals surface area contributed by atoms with Crippen LogP contribution in [0.25, 0.3) is 0 Å². The molecule has 1 aromatic rings. The number of ether oxygens (including phenoxy) is 1. The van der Waals surface area contributed by atoms with Gasteiger partial charge in [-0.15, -0.1) is 0 Å². The van der Waals surface area contributed by atoms with Crippen LogP contribution in [-0.2, 0) is 11.3 Å². The third kappa shape index (κ3) is 3.56. The number of aromatic nitrogens is 2. The van der Waals surface area contributed by atoms with Gasteiger partial charge in [0.1, 0.15) is 5.02 Å². The standard InChI is InChI=1S/C14H23ClN4O2/c1-10-3-4-18(9-11(10)7-16)12-8-17-19(5-6-21-2)14(20)13(12)15/h8,10-11H,3-7,9,16H2,1-2H3. The molecule has 0 spiro atoms. The fraction of sp³-hybridized carbons (Fsp3) is 0.714. The van der Waals surface area contributed by atoms with Crippen LogP contribution >= 0.6 is 11.6 Å². The summed E-state index contributed by atoms with van der Waals surface area (Å²) in [4.78, 5) is 14.3. The lowest BCUT2D eigenvalue weighted by molar-refractivity contribution is 0.182. The molecular weight excluding hydrogens is 292 g/mol. The largest absolute Gasteiger partial charge is 0.383 e. The first-order valence-corrected chi connectivity index (χ1v) is 7.65. The molecule has 1 aromatic heterocycles. The van der Waals surface area contributed by atoms with Gasteiger partial charge < -0.3 is 15.4 Å². The molecule has 21 heavy (non-hydrogen) atoms. The lowest BCUT2D eigenvalue weighted by Crippen LogP contribution is -2.43. The molecule has 0 amide bonds. The highest BCUT2D eigenvalue weighted by atomic mass is 35.5. The number of rotatable bonds is 5. The van der Waals surface area contributed by atoms with Crippen molar-refractivity contribution in [1.82, 2.24) is 9.78 Å². The maximum atomic E-state index is 12.2. The number of anilines is 1. The Morgan fingerprint density at radius 1 is 1.57 bits per heavy atom. The van der Waals surface area contributed by atoms with E-state index in [2.05, 4.69) is 16.9 Å². The number of methoxy groups -OCH3 is 1. The first-order valence-electron chi connectivity index (χ1n) is 7.28. The second-order valence-corrected chi connectivity index (χ2v) is 5.95. The fourth-order valence-corrected chi connectivity index (χ4v) is 2.95. The van der Waals surface area contributed by atoms with Crippen molar-refractivity contribution in [2.45, 2.75) is 19.9 Å². The molecular formula is C14H23ClN4O2. The summed E-state index contributed by atoms with van der Waals surface area (Å²) in [5.74, 6) is 1.02. The highest BCUT2D eigenvalue weighted by Crippen LogP contribution is 2.29. The minimum Gasteiger partial charge on any atom is -0.383 e. The van der Waals surface area contributed by atoms with Crippen molar-refractivity contribution in [2.24, 2.45) is 17.6 Å². The van der Waals surface area contributed by atoms with Gasteiger partial charge in [0.15, 0.2) is 0 Å². The third-order valence-electron chi connectivity index (χ3n) is 4.23. The van der Waals surface area contributed by atoms with Crippen LogP contribution < -0.4 is 16.2 Å². The van der Waals surface area contributed by atoms with Crippen molar-refractivity contribution in [1.29, 1.82) is 0 Å². The minimum atomic E-state index is -0.269. The molecule has 2 N–H and O–H groups in total. The lowest BCUT2D eigenvalue weighted by atomic mass is 9.87. The number of hydrogen-bond donors (Lipinski definition) is 1. The molecule has 0 radical (unpaired) electrons. The Labute approximate surface area is 129 Å². The fourth-order valence-electron chi connectivity index (χ4n) is 2.69. The normalized spacial score (nSPS) is 22.6. The van der Waals surface area contributed by atoms with Gasteiger partial charge >= 0.3 is 0 Å².